The predicted octanol–water partition coefficient (Wildman–Crippen LogP) is 3.54. The fourth-order valence-electron chi connectivity index (χ4n) is 2.08. The smallest absolute Gasteiger partial charge is 0.279 e. The molecule has 0 heterocycles. The molecule has 0 aromatic heterocycles. The van der Waals surface area contributed by atoms with Gasteiger partial charge in [-0.25, -0.2) is 0 Å². The molecule has 26 heavy (non-hydrogen) atoms. The van der Waals surface area contributed by atoms with Gasteiger partial charge in [-0.05, 0) is 49.7 Å². The van der Waals surface area contributed by atoms with Crippen molar-refractivity contribution in [3.05, 3.63) is 57.6 Å². The van der Waals surface area contributed by atoms with Gasteiger partial charge in [0.15, 0.2) is 6.10 Å². The summed E-state index contributed by atoms with van der Waals surface area (Å²) in [6, 6.07) is 9.79. The lowest BCUT2D eigenvalue weighted by Crippen LogP contribution is -2.47. The first-order valence-electron chi connectivity index (χ1n) is 7.68. The highest BCUT2D eigenvalue weighted by atomic mass is 35.5. The number of carbonyl (C=O) groups is 2. The van der Waals surface area contributed by atoms with Gasteiger partial charge in [0.25, 0.3) is 11.8 Å². The number of rotatable bonds is 5. The summed E-state index contributed by atoms with van der Waals surface area (Å²) in [7, 11) is 1.42. The van der Waals surface area contributed by atoms with Crippen LogP contribution in [0.5, 0.6) is 11.5 Å². The van der Waals surface area contributed by atoms with E-state index in [9.17, 15) is 9.59 Å². The van der Waals surface area contributed by atoms with Crippen molar-refractivity contribution < 1.29 is 19.1 Å². The van der Waals surface area contributed by atoms with Crippen LogP contribution in [-0.4, -0.2) is 25.0 Å². The van der Waals surface area contributed by atoms with Crippen LogP contribution in [0.4, 0.5) is 0 Å². The van der Waals surface area contributed by atoms with Gasteiger partial charge >= 0.3 is 0 Å². The average molecular weight is 397 g/mol. The molecule has 2 aromatic rings. The van der Waals surface area contributed by atoms with E-state index in [1.807, 2.05) is 13.0 Å². The van der Waals surface area contributed by atoms with Gasteiger partial charge in [0, 0.05) is 5.02 Å². The van der Waals surface area contributed by atoms with E-state index in [0.717, 1.165) is 5.56 Å². The summed E-state index contributed by atoms with van der Waals surface area (Å²) in [5, 5.41) is 0.824. The fraction of sp³-hybridized carbons (Fsp3) is 0.222. The third-order valence-electron chi connectivity index (χ3n) is 3.47. The topological polar surface area (TPSA) is 76.7 Å². The first kappa shape index (κ1) is 19.9. The van der Waals surface area contributed by atoms with Crippen molar-refractivity contribution in [1.82, 2.24) is 10.9 Å². The summed E-state index contributed by atoms with van der Waals surface area (Å²) in [4.78, 5) is 24.4. The zero-order valence-corrected chi connectivity index (χ0v) is 15.9. The minimum Gasteiger partial charge on any atom is -0.496 e. The molecule has 2 N–H and O–H groups in total. The predicted molar refractivity (Wildman–Crippen MR) is 99.9 cm³/mol. The number of amides is 2. The Bertz CT molecular complexity index is 827. The Morgan fingerprint density at radius 3 is 2.46 bits per heavy atom. The van der Waals surface area contributed by atoms with Crippen LogP contribution in [-0.2, 0) is 4.79 Å². The van der Waals surface area contributed by atoms with E-state index >= 15 is 0 Å². The number of carbonyl (C=O) groups excluding carboxylic acids is 2. The van der Waals surface area contributed by atoms with E-state index in [1.165, 1.54) is 19.2 Å². The van der Waals surface area contributed by atoms with Crippen LogP contribution in [0.1, 0.15) is 22.8 Å². The van der Waals surface area contributed by atoms with E-state index in [0.29, 0.717) is 21.5 Å². The molecular weight excluding hydrogens is 379 g/mol. The standard InChI is InChI=1S/C18H18Cl2N2O4/c1-10-4-7-14(20)16(8-10)26-11(2)17(23)21-22-18(24)13-6-5-12(19)9-15(13)25-3/h4-9,11H,1-3H3,(H,21,23)(H,22,24). The van der Waals surface area contributed by atoms with Crippen LogP contribution in [0.3, 0.4) is 0 Å². The lowest BCUT2D eigenvalue weighted by atomic mass is 10.2. The third-order valence-corrected chi connectivity index (χ3v) is 4.01. The van der Waals surface area contributed by atoms with Crippen LogP contribution in [0.25, 0.3) is 0 Å². The van der Waals surface area contributed by atoms with E-state index in [1.54, 1.807) is 25.1 Å². The minimum atomic E-state index is -0.873. The van der Waals surface area contributed by atoms with E-state index < -0.39 is 17.9 Å². The number of hydrazine groups is 1. The molecule has 0 saturated carbocycles. The quantitative estimate of drug-likeness (QED) is 0.757. The molecule has 0 aliphatic rings. The summed E-state index contributed by atoms with van der Waals surface area (Å²) >= 11 is 11.9. The average Bonchev–Trinajstić information content (AvgIpc) is 2.62. The molecule has 2 amide bonds. The Morgan fingerprint density at radius 2 is 1.77 bits per heavy atom. The summed E-state index contributed by atoms with van der Waals surface area (Å²) in [6.45, 7) is 3.43. The molecule has 1 unspecified atom stereocenters. The van der Waals surface area contributed by atoms with Crippen LogP contribution in [0, 0.1) is 6.92 Å². The molecule has 138 valence electrons. The van der Waals surface area contributed by atoms with Crippen LogP contribution < -0.4 is 20.3 Å². The van der Waals surface area contributed by atoms with Crippen molar-refractivity contribution in [3.8, 4) is 11.5 Å². The molecule has 6 nitrogen and oxygen atoms in total. The first-order valence-corrected chi connectivity index (χ1v) is 8.44. The number of hydrogen-bond acceptors (Lipinski definition) is 4. The van der Waals surface area contributed by atoms with Gasteiger partial charge in [-0.15, -0.1) is 0 Å². The van der Waals surface area contributed by atoms with Crippen LogP contribution in [0.2, 0.25) is 10.0 Å². The van der Waals surface area contributed by atoms with Gasteiger partial charge in [0.1, 0.15) is 11.5 Å². The molecule has 0 fully saturated rings. The van der Waals surface area contributed by atoms with Crippen molar-refractivity contribution in [2.24, 2.45) is 0 Å². The lowest BCUT2D eigenvalue weighted by Gasteiger charge is -2.16. The molecule has 2 rings (SSSR count). The van der Waals surface area contributed by atoms with Gasteiger partial charge in [-0.3, -0.25) is 20.4 Å². The Morgan fingerprint density at radius 1 is 1.04 bits per heavy atom. The Kier molecular flexibility index (Phi) is 6.71. The second kappa shape index (κ2) is 8.78. The zero-order valence-electron chi connectivity index (χ0n) is 14.4. The van der Waals surface area contributed by atoms with Crippen molar-refractivity contribution >= 4 is 35.0 Å². The number of ether oxygens (including phenoxy) is 2. The van der Waals surface area contributed by atoms with Crippen molar-refractivity contribution in [2.45, 2.75) is 20.0 Å². The summed E-state index contributed by atoms with van der Waals surface area (Å²) in [6.07, 6.45) is -0.873. The maximum Gasteiger partial charge on any atom is 0.279 e. The highest BCUT2D eigenvalue weighted by molar-refractivity contribution is 6.32. The summed E-state index contributed by atoms with van der Waals surface area (Å²) in [5.41, 5.74) is 5.79. The molecule has 2 aromatic carbocycles. The van der Waals surface area contributed by atoms with Crippen LogP contribution >= 0.6 is 23.2 Å². The molecule has 1 atom stereocenters. The molecule has 0 bridgehead atoms. The second-order valence-corrected chi connectivity index (χ2v) is 6.33. The normalized spacial score (nSPS) is 11.4. The van der Waals surface area contributed by atoms with Crippen molar-refractivity contribution in [2.75, 3.05) is 7.11 Å². The second-order valence-electron chi connectivity index (χ2n) is 5.48. The molecule has 0 saturated heterocycles. The number of halogens is 2. The number of methoxy groups -OCH3 is 1. The maximum atomic E-state index is 12.2. The Balaban J connectivity index is 1.97. The largest absolute Gasteiger partial charge is 0.496 e. The van der Waals surface area contributed by atoms with E-state index in [-0.39, 0.29) is 5.56 Å². The first-order chi connectivity index (χ1) is 12.3. The van der Waals surface area contributed by atoms with Gasteiger partial charge in [-0.2, -0.15) is 0 Å². The third kappa shape index (κ3) is 5.03. The molecule has 0 aliphatic carbocycles. The number of nitrogens with one attached hydrogen (secondary N) is 2. The fourth-order valence-corrected chi connectivity index (χ4v) is 2.41. The highest BCUT2D eigenvalue weighted by Crippen LogP contribution is 2.26. The van der Waals surface area contributed by atoms with E-state index in [2.05, 4.69) is 10.9 Å². The highest BCUT2D eigenvalue weighted by Gasteiger charge is 2.18. The maximum absolute atomic E-state index is 12.2. The number of hydrogen-bond donors (Lipinski definition) is 2. The zero-order chi connectivity index (χ0) is 19.3. The molecule has 0 spiro atoms. The lowest BCUT2D eigenvalue weighted by molar-refractivity contribution is -0.128. The Labute approximate surface area is 161 Å². The molecule has 8 heteroatoms. The minimum absolute atomic E-state index is 0.229. The van der Waals surface area contributed by atoms with Crippen LogP contribution in [0.15, 0.2) is 36.4 Å². The van der Waals surface area contributed by atoms with Gasteiger partial charge < -0.3 is 9.47 Å². The van der Waals surface area contributed by atoms with Gasteiger partial charge in [0.05, 0.1) is 17.7 Å². The summed E-state index contributed by atoms with van der Waals surface area (Å²) < 4.78 is 10.7. The molecule has 0 aliphatic heterocycles. The van der Waals surface area contributed by atoms with Crippen molar-refractivity contribution in [3.63, 3.8) is 0 Å². The SMILES string of the molecule is COc1cc(Cl)ccc1C(=O)NNC(=O)C(C)Oc1cc(C)ccc1Cl. The monoisotopic (exact) mass is 396 g/mol. The number of benzene rings is 2. The van der Waals surface area contributed by atoms with E-state index in [4.69, 9.17) is 32.7 Å². The molecule has 0 radical (unpaired) electrons. The van der Waals surface area contributed by atoms with Gasteiger partial charge in [0.2, 0.25) is 0 Å². The van der Waals surface area contributed by atoms with Gasteiger partial charge in [-0.1, -0.05) is 29.3 Å². The van der Waals surface area contributed by atoms with Crippen molar-refractivity contribution in [1.29, 1.82) is 0 Å². The molecular formula is C18H18Cl2N2O4. The summed E-state index contributed by atoms with van der Waals surface area (Å²) in [5.74, 6) is -0.406. The Hall–Kier alpha value is -2.44. The number of aryl methyl sites for hydroxylation is 1.